The van der Waals surface area contributed by atoms with Crippen LogP contribution in [-0.2, 0) is 11.3 Å². The van der Waals surface area contributed by atoms with Gasteiger partial charge in [-0.05, 0) is 24.6 Å². The molecule has 0 bridgehead atoms. The van der Waals surface area contributed by atoms with Gasteiger partial charge in [-0.1, -0.05) is 35.9 Å². The van der Waals surface area contributed by atoms with Gasteiger partial charge in [0, 0.05) is 12.1 Å². The molecule has 0 atom stereocenters. The SMILES string of the molecule is Cc1ccc(Cn2nccc2NC(=O)COc2cccc(F)c2)cc1. The second kappa shape index (κ2) is 7.61. The molecule has 1 amide bonds. The molecular formula is C19H18FN3O2. The number of nitrogens with zero attached hydrogens (tertiary/aromatic N) is 2. The standard InChI is InChI=1S/C19H18FN3O2/c1-14-5-7-15(8-6-14)12-23-18(9-10-21-23)22-19(24)13-25-17-4-2-3-16(20)11-17/h2-11H,12-13H2,1H3,(H,22,24). The average molecular weight is 339 g/mol. The molecule has 128 valence electrons. The molecule has 1 aromatic heterocycles. The molecule has 0 spiro atoms. The normalized spacial score (nSPS) is 10.5. The summed E-state index contributed by atoms with van der Waals surface area (Å²) in [5, 5.41) is 6.98. The van der Waals surface area contributed by atoms with Gasteiger partial charge in [0.15, 0.2) is 6.61 Å². The fourth-order valence-electron chi connectivity index (χ4n) is 2.32. The summed E-state index contributed by atoms with van der Waals surface area (Å²) in [5.41, 5.74) is 2.27. The number of benzene rings is 2. The zero-order chi connectivity index (χ0) is 17.6. The molecule has 1 heterocycles. The largest absolute Gasteiger partial charge is 0.484 e. The third kappa shape index (κ3) is 4.67. The molecule has 0 aliphatic carbocycles. The van der Waals surface area contributed by atoms with E-state index in [1.165, 1.54) is 23.8 Å². The second-order valence-corrected chi connectivity index (χ2v) is 5.65. The molecular weight excluding hydrogens is 321 g/mol. The predicted molar refractivity (Wildman–Crippen MR) is 93.0 cm³/mol. The van der Waals surface area contributed by atoms with Crippen molar-refractivity contribution >= 4 is 11.7 Å². The fourth-order valence-corrected chi connectivity index (χ4v) is 2.32. The number of ether oxygens (including phenoxy) is 1. The van der Waals surface area contributed by atoms with E-state index < -0.39 is 5.82 Å². The molecule has 3 rings (SSSR count). The van der Waals surface area contributed by atoms with Gasteiger partial charge in [-0.2, -0.15) is 5.10 Å². The van der Waals surface area contributed by atoms with Gasteiger partial charge < -0.3 is 10.1 Å². The van der Waals surface area contributed by atoms with E-state index in [0.29, 0.717) is 18.1 Å². The van der Waals surface area contributed by atoms with E-state index in [9.17, 15) is 9.18 Å². The van der Waals surface area contributed by atoms with Crippen LogP contribution in [0.2, 0.25) is 0 Å². The highest BCUT2D eigenvalue weighted by molar-refractivity contribution is 5.91. The monoisotopic (exact) mass is 339 g/mol. The van der Waals surface area contributed by atoms with Crippen LogP contribution in [0.25, 0.3) is 0 Å². The lowest BCUT2D eigenvalue weighted by Gasteiger charge is -2.10. The van der Waals surface area contributed by atoms with Crippen LogP contribution in [0.1, 0.15) is 11.1 Å². The zero-order valence-electron chi connectivity index (χ0n) is 13.8. The molecule has 0 radical (unpaired) electrons. The van der Waals surface area contributed by atoms with Crippen LogP contribution in [-0.4, -0.2) is 22.3 Å². The molecule has 5 nitrogen and oxygen atoms in total. The van der Waals surface area contributed by atoms with E-state index in [-0.39, 0.29) is 12.5 Å². The van der Waals surface area contributed by atoms with Crippen molar-refractivity contribution in [2.24, 2.45) is 0 Å². The maximum atomic E-state index is 13.1. The molecule has 2 aromatic carbocycles. The Hall–Kier alpha value is -3.15. The summed E-state index contributed by atoms with van der Waals surface area (Å²) in [6, 6.07) is 15.5. The van der Waals surface area contributed by atoms with E-state index in [0.717, 1.165) is 5.56 Å². The first kappa shape index (κ1) is 16.7. The molecule has 0 unspecified atom stereocenters. The molecule has 1 N–H and O–H groups in total. The second-order valence-electron chi connectivity index (χ2n) is 5.65. The van der Waals surface area contributed by atoms with Crippen LogP contribution in [0.4, 0.5) is 10.2 Å². The Kier molecular flexibility index (Phi) is 5.09. The van der Waals surface area contributed by atoms with Crippen LogP contribution < -0.4 is 10.1 Å². The van der Waals surface area contributed by atoms with Gasteiger partial charge in [0.05, 0.1) is 12.7 Å². The van der Waals surface area contributed by atoms with Crippen LogP contribution >= 0.6 is 0 Å². The lowest BCUT2D eigenvalue weighted by molar-refractivity contribution is -0.118. The molecule has 0 saturated heterocycles. The smallest absolute Gasteiger partial charge is 0.263 e. The van der Waals surface area contributed by atoms with Gasteiger partial charge in [0.25, 0.3) is 5.91 Å². The summed E-state index contributed by atoms with van der Waals surface area (Å²) >= 11 is 0. The summed E-state index contributed by atoms with van der Waals surface area (Å²) < 4.78 is 20.1. The minimum atomic E-state index is -0.408. The average Bonchev–Trinajstić information content (AvgIpc) is 3.02. The summed E-state index contributed by atoms with van der Waals surface area (Å²) in [6.07, 6.45) is 1.62. The molecule has 0 aliphatic rings. The van der Waals surface area contributed by atoms with Gasteiger partial charge in [0.1, 0.15) is 17.4 Å². The summed E-state index contributed by atoms with van der Waals surface area (Å²) in [7, 11) is 0. The van der Waals surface area contributed by atoms with Crippen LogP contribution in [0.5, 0.6) is 5.75 Å². The number of anilines is 1. The molecule has 6 heteroatoms. The Labute approximate surface area is 145 Å². The Bertz CT molecular complexity index is 859. The summed E-state index contributed by atoms with van der Waals surface area (Å²) in [4.78, 5) is 12.0. The number of aryl methyl sites for hydroxylation is 1. The van der Waals surface area contributed by atoms with Gasteiger partial charge in [-0.25, -0.2) is 9.07 Å². The lowest BCUT2D eigenvalue weighted by atomic mass is 10.1. The number of halogens is 1. The minimum absolute atomic E-state index is 0.209. The molecule has 0 aliphatic heterocycles. The zero-order valence-corrected chi connectivity index (χ0v) is 13.8. The molecule has 3 aromatic rings. The lowest BCUT2D eigenvalue weighted by Crippen LogP contribution is -2.22. The van der Waals surface area contributed by atoms with Crippen molar-refractivity contribution in [2.45, 2.75) is 13.5 Å². The first-order chi connectivity index (χ1) is 12.1. The number of rotatable bonds is 6. The number of aromatic nitrogens is 2. The quantitative estimate of drug-likeness (QED) is 0.749. The number of hydrogen-bond donors (Lipinski definition) is 1. The number of amides is 1. The van der Waals surface area contributed by atoms with E-state index in [1.807, 2.05) is 31.2 Å². The predicted octanol–water partition coefficient (Wildman–Crippen LogP) is 3.40. The van der Waals surface area contributed by atoms with E-state index in [4.69, 9.17) is 4.74 Å². The highest BCUT2D eigenvalue weighted by Crippen LogP contribution is 2.13. The van der Waals surface area contributed by atoms with E-state index >= 15 is 0 Å². The van der Waals surface area contributed by atoms with Gasteiger partial charge >= 0.3 is 0 Å². The van der Waals surface area contributed by atoms with Crippen LogP contribution in [0, 0.1) is 12.7 Å². The maximum absolute atomic E-state index is 13.1. The van der Waals surface area contributed by atoms with Gasteiger partial charge in [-0.3, -0.25) is 4.79 Å². The van der Waals surface area contributed by atoms with E-state index in [2.05, 4.69) is 10.4 Å². The minimum Gasteiger partial charge on any atom is -0.484 e. The molecule has 25 heavy (non-hydrogen) atoms. The Morgan fingerprint density at radius 2 is 2.00 bits per heavy atom. The highest BCUT2D eigenvalue weighted by atomic mass is 19.1. The maximum Gasteiger partial charge on any atom is 0.263 e. The van der Waals surface area contributed by atoms with Gasteiger partial charge in [0.2, 0.25) is 0 Å². The number of nitrogens with one attached hydrogen (secondary N) is 1. The number of hydrogen-bond acceptors (Lipinski definition) is 3. The summed E-state index contributed by atoms with van der Waals surface area (Å²) in [6.45, 7) is 2.37. The Morgan fingerprint density at radius 1 is 1.20 bits per heavy atom. The fraction of sp³-hybridized carbons (Fsp3) is 0.158. The number of carbonyl (C=O) groups is 1. The van der Waals surface area contributed by atoms with Crippen molar-refractivity contribution in [3.8, 4) is 5.75 Å². The Balaban J connectivity index is 1.58. The van der Waals surface area contributed by atoms with E-state index in [1.54, 1.807) is 23.0 Å². The van der Waals surface area contributed by atoms with Gasteiger partial charge in [-0.15, -0.1) is 0 Å². The van der Waals surface area contributed by atoms with Crippen LogP contribution in [0.15, 0.2) is 60.8 Å². The van der Waals surface area contributed by atoms with Crippen molar-refractivity contribution in [3.63, 3.8) is 0 Å². The van der Waals surface area contributed by atoms with Crippen LogP contribution in [0.3, 0.4) is 0 Å². The molecule has 0 fully saturated rings. The third-order valence-corrected chi connectivity index (χ3v) is 3.60. The first-order valence-electron chi connectivity index (χ1n) is 7.86. The Morgan fingerprint density at radius 3 is 2.76 bits per heavy atom. The number of carbonyl (C=O) groups excluding carboxylic acids is 1. The first-order valence-corrected chi connectivity index (χ1v) is 7.86. The van der Waals surface area contributed by atoms with Crippen molar-refractivity contribution in [1.29, 1.82) is 0 Å². The van der Waals surface area contributed by atoms with Crippen molar-refractivity contribution in [1.82, 2.24) is 9.78 Å². The third-order valence-electron chi connectivity index (χ3n) is 3.60. The van der Waals surface area contributed by atoms with Crippen molar-refractivity contribution < 1.29 is 13.9 Å². The topological polar surface area (TPSA) is 56.2 Å². The summed E-state index contributed by atoms with van der Waals surface area (Å²) in [5.74, 6) is 0.140. The highest BCUT2D eigenvalue weighted by Gasteiger charge is 2.09. The van der Waals surface area contributed by atoms with Crippen molar-refractivity contribution in [3.05, 3.63) is 77.7 Å². The van der Waals surface area contributed by atoms with Crippen molar-refractivity contribution in [2.75, 3.05) is 11.9 Å². The molecule has 0 saturated carbocycles.